The number of nitrogens with one attached hydrogen (secondary N) is 1. The second-order valence-electron chi connectivity index (χ2n) is 8.10. The molecule has 1 fully saturated rings. The molecular formula is C18H24F2N4O5. The van der Waals surface area contributed by atoms with Crippen molar-refractivity contribution < 1.29 is 33.0 Å². The van der Waals surface area contributed by atoms with Crippen LogP contribution in [0.1, 0.15) is 56.1 Å². The van der Waals surface area contributed by atoms with Crippen molar-refractivity contribution in [3.05, 3.63) is 11.3 Å². The number of halogens is 2. The van der Waals surface area contributed by atoms with Gasteiger partial charge in [0, 0.05) is 6.42 Å². The van der Waals surface area contributed by atoms with Gasteiger partial charge in [-0.25, -0.2) is 18.6 Å². The number of nitrogens with zero attached hydrogens (tertiary/aromatic N) is 3. The summed E-state index contributed by atoms with van der Waals surface area (Å²) in [5.41, 5.74) is -0.683. The molecule has 2 N–H and O–H groups in total. The third kappa shape index (κ3) is 4.24. The lowest BCUT2D eigenvalue weighted by Crippen LogP contribution is -2.56. The Morgan fingerprint density at radius 2 is 2.03 bits per heavy atom. The highest BCUT2D eigenvalue weighted by molar-refractivity contribution is 6.00. The minimum absolute atomic E-state index is 0.0594. The number of hydrogen-bond acceptors (Lipinski definition) is 7. The Balaban J connectivity index is 1.89. The van der Waals surface area contributed by atoms with Crippen LogP contribution in [-0.2, 0) is 11.3 Å². The maximum absolute atomic E-state index is 14.5. The molecule has 0 bridgehead atoms. The molecule has 2 atom stereocenters. The molecular weight excluding hydrogens is 390 g/mol. The summed E-state index contributed by atoms with van der Waals surface area (Å²) in [6, 6.07) is -1.66. The Labute approximate surface area is 166 Å². The van der Waals surface area contributed by atoms with Gasteiger partial charge in [0.05, 0.1) is 25.5 Å². The van der Waals surface area contributed by atoms with E-state index >= 15 is 0 Å². The average molecular weight is 414 g/mol. The molecule has 1 aromatic heterocycles. The van der Waals surface area contributed by atoms with E-state index in [-0.39, 0.29) is 42.5 Å². The fourth-order valence-corrected chi connectivity index (χ4v) is 3.58. The van der Waals surface area contributed by atoms with Crippen molar-refractivity contribution in [3.8, 4) is 5.88 Å². The van der Waals surface area contributed by atoms with E-state index in [4.69, 9.17) is 9.47 Å². The summed E-state index contributed by atoms with van der Waals surface area (Å²) in [5, 5.41) is 12.5. The number of aliphatic hydroxyl groups excluding tert-OH is 1. The summed E-state index contributed by atoms with van der Waals surface area (Å²) < 4.78 is 39.2. The van der Waals surface area contributed by atoms with Gasteiger partial charge in [0.15, 0.2) is 0 Å². The predicted octanol–water partition coefficient (Wildman–Crippen LogP) is 2.34. The third-order valence-electron chi connectivity index (χ3n) is 4.69. The molecule has 11 heteroatoms. The molecule has 2 heterocycles. The first-order valence-electron chi connectivity index (χ1n) is 9.24. The number of hydrogen-bond donors (Lipinski definition) is 2. The monoisotopic (exact) mass is 414 g/mol. The SMILES string of the molecule is COc1nc(NC(=O)OC(C)(C)C)nc2c1C(=O)N(C1C(O)CCCC1(F)F)C2. The van der Waals surface area contributed by atoms with Crippen LogP contribution in [0.4, 0.5) is 19.5 Å². The van der Waals surface area contributed by atoms with Gasteiger partial charge in [-0.1, -0.05) is 0 Å². The molecule has 0 radical (unpaired) electrons. The van der Waals surface area contributed by atoms with E-state index in [1.54, 1.807) is 20.8 Å². The number of carbonyl (C=O) groups excluding carboxylic acids is 2. The van der Waals surface area contributed by atoms with Crippen LogP contribution in [0.2, 0.25) is 0 Å². The molecule has 2 amide bonds. The fraction of sp³-hybridized carbons (Fsp3) is 0.667. The standard InChI is InChI=1S/C18H24F2N4O5/c1-17(2,3)29-16(27)23-15-21-9-8-24(14(26)11(9)13(22-15)28-4)12-10(25)6-5-7-18(12,19)20/h10,12,25H,5-8H2,1-4H3,(H,21,22,23,27). The lowest BCUT2D eigenvalue weighted by Gasteiger charge is -2.40. The maximum atomic E-state index is 14.5. The van der Waals surface area contributed by atoms with Crippen LogP contribution >= 0.6 is 0 Å². The molecule has 1 saturated carbocycles. The molecule has 2 aliphatic rings. The molecule has 0 aromatic carbocycles. The number of amides is 2. The highest BCUT2D eigenvalue weighted by Gasteiger charge is 2.53. The van der Waals surface area contributed by atoms with Crippen molar-refractivity contribution >= 4 is 17.9 Å². The van der Waals surface area contributed by atoms with Gasteiger partial charge in [-0.15, -0.1) is 0 Å². The number of carbonyl (C=O) groups is 2. The Hall–Kier alpha value is -2.56. The van der Waals surface area contributed by atoms with Gasteiger partial charge in [-0.3, -0.25) is 10.1 Å². The van der Waals surface area contributed by atoms with Crippen molar-refractivity contribution in [3.63, 3.8) is 0 Å². The molecule has 2 unspecified atom stereocenters. The number of methoxy groups -OCH3 is 1. The second-order valence-corrected chi connectivity index (χ2v) is 8.10. The number of ether oxygens (including phenoxy) is 2. The third-order valence-corrected chi connectivity index (χ3v) is 4.69. The minimum Gasteiger partial charge on any atom is -0.480 e. The number of rotatable bonds is 3. The number of anilines is 1. The van der Waals surface area contributed by atoms with Gasteiger partial charge >= 0.3 is 6.09 Å². The lowest BCUT2D eigenvalue weighted by atomic mass is 9.88. The van der Waals surface area contributed by atoms with E-state index in [9.17, 15) is 23.5 Å². The molecule has 3 rings (SSSR count). The molecule has 1 aliphatic carbocycles. The summed E-state index contributed by atoms with van der Waals surface area (Å²) in [6.45, 7) is 4.79. The van der Waals surface area contributed by atoms with Crippen molar-refractivity contribution in [2.45, 2.75) is 70.2 Å². The average Bonchev–Trinajstić information content (AvgIpc) is 2.88. The molecule has 0 saturated heterocycles. The highest BCUT2D eigenvalue weighted by atomic mass is 19.3. The van der Waals surface area contributed by atoms with Gasteiger partial charge in [0.2, 0.25) is 11.8 Å². The van der Waals surface area contributed by atoms with Crippen molar-refractivity contribution in [1.82, 2.24) is 14.9 Å². The van der Waals surface area contributed by atoms with Crippen LogP contribution in [0.5, 0.6) is 5.88 Å². The van der Waals surface area contributed by atoms with E-state index in [0.29, 0.717) is 0 Å². The molecule has 0 spiro atoms. The summed E-state index contributed by atoms with van der Waals surface area (Å²) in [4.78, 5) is 33.8. The van der Waals surface area contributed by atoms with Gasteiger partial charge < -0.3 is 19.5 Å². The Morgan fingerprint density at radius 3 is 2.62 bits per heavy atom. The lowest BCUT2D eigenvalue weighted by molar-refractivity contribution is -0.140. The summed E-state index contributed by atoms with van der Waals surface area (Å²) >= 11 is 0. The van der Waals surface area contributed by atoms with Crippen molar-refractivity contribution in [2.24, 2.45) is 0 Å². The topological polar surface area (TPSA) is 114 Å². The minimum atomic E-state index is -3.23. The van der Waals surface area contributed by atoms with Gasteiger partial charge in [0.25, 0.3) is 11.8 Å². The molecule has 29 heavy (non-hydrogen) atoms. The first-order chi connectivity index (χ1) is 13.4. The maximum Gasteiger partial charge on any atom is 0.414 e. The van der Waals surface area contributed by atoms with Crippen LogP contribution in [0.25, 0.3) is 0 Å². The second kappa shape index (κ2) is 7.36. The van der Waals surface area contributed by atoms with Crippen LogP contribution in [0.3, 0.4) is 0 Å². The Kier molecular flexibility index (Phi) is 5.37. The van der Waals surface area contributed by atoms with Gasteiger partial charge in [-0.05, 0) is 33.6 Å². The quantitative estimate of drug-likeness (QED) is 0.780. The van der Waals surface area contributed by atoms with E-state index in [0.717, 1.165) is 4.90 Å². The van der Waals surface area contributed by atoms with Crippen LogP contribution in [-0.4, -0.2) is 62.8 Å². The molecule has 1 aliphatic heterocycles. The van der Waals surface area contributed by atoms with E-state index in [1.807, 2.05) is 0 Å². The normalized spacial score (nSPS) is 23.6. The summed E-state index contributed by atoms with van der Waals surface area (Å²) in [5.74, 6) is -4.30. The molecule has 9 nitrogen and oxygen atoms in total. The first kappa shape index (κ1) is 21.2. The Bertz CT molecular complexity index is 827. The zero-order chi connectivity index (χ0) is 21.6. The van der Waals surface area contributed by atoms with E-state index < -0.39 is 42.1 Å². The highest BCUT2D eigenvalue weighted by Crippen LogP contribution is 2.41. The number of aromatic nitrogens is 2. The zero-order valence-corrected chi connectivity index (χ0v) is 16.7. The van der Waals surface area contributed by atoms with Crippen molar-refractivity contribution in [2.75, 3.05) is 12.4 Å². The largest absolute Gasteiger partial charge is 0.480 e. The van der Waals surface area contributed by atoms with E-state index in [1.165, 1.54) is 7.11 Å². The Morgan fingerprint density at radius 1 is 1.34 bits per heavy atom. The van der Waals surface area contributed by atoms with Gasteiger partial charge in [-0.2, -0.15) is 4.98 Å². The predicted molar refractivity (Wildman–Crippen MR) is 96.9 cm³/mol. The van der Waals surface area contributed by atoms with E-state index in [2.05, 4.69) is 15.3 Å². The summed E-state index contributed by atoms with van der Waals surface area (Å²) in [6.07, 6.45) is -2.23. The fourth-order valence-electron chi connectivity index (χ4n) is 3.58. The number of aliphatic hydroxyl groups is 1. The van der Waals surface area contributed by atoms with Crippen LogP contribution in [0.15, 0.2) is 0 Å². The van der Waals surface area contributed by atoms with Crippen LogP contribution < -0.4 is 10.1 Å². The van der Waals surface area contributed by atoms with Gasteiger partial charge in [0.1, 0.15) is 17.2 Å². The summed E-state index contributed by atoms with van der Waals surface area (Å²) in [7, 11) is 1.26. The first-order valence-corrected chi connectivity index (χ1v) is 9.24. The van der Waals surface area contributed by atoms with Crippen molar-refractivity contribution in [1.29, 1.82) is 0 Å². The molecule has 160 valence electrons. The number of alkyl halides is 2. The number of fused-ring (bicyclic) bond motifs is 1. The zero-order valence-electron chi connectivity index (χ0n) is 16.7. The van der Waals surface area contributed by atoms with Crippen LogP contribution in [0, 0.1) is 0 Å². The molecule has 1 aromatic rings. The smallest absolute Gasteiger partial charge is 0.414 e.